The summed E-state index contributed by atoms with van der Waals surface area (Å²) in [6, 6.07) is 16.3. The highest BCUT2D eigenvalue weighted by Gasteiger charge is 2.13. The average Bonchev–Trinajstić information content (AvgIpc) is 2.62. The van der Waals surface area contributed by atoms with E-state index >= 15 is 0 Å². The molecule has 126 valence electrons. The summed E-state index contributed by atoms with van der Waals surface area (Å²) >= 11 is 0. The lowest BCUT2D eigenvalue weighted by Gasteiger charge is -2.08. The lowest BCUT2D eigenvalue weighted by molar-refractivity contribution is 0.101. The topological polar surface area (TPSA) is 115 Å². The number of nitrogens with zero attached hydrogens (tertiary/aromatic N) is 3. The minimum absolute atomic E-state index is 0.0516. The van der Waals surface area contributed by atoms with E-state index in [1.807, 2.05) is 30.3 Å². The summed E-state index contributed by atoms with van der Waals surface area (Å²) in [5, 5.41) is 5.68. The third-order valence-corrected chi connectivity index (χ3v) is 3.21. The summed E-state index contributed by atoms with van der Waals surface area (Å²) in [4.78, 5) is 24.4. The van der Waals surface area contributed by atoms with Crippen molar-refractivity contribution in [2.24, 2.45) is 0 Å². The van der Waals surface area contributed by atoms with E-state index in [9.17, 15) is 4.79 Å². The van der Waals surface area contributed by atoms with Crippen molar-refractivity contribution in [1.29, 1.82) is 0 Å². The maximum atomic E-state index is 12.4. The number of amides is 1. The SMILES string of the molecule is COc1cccc(NC(=O)c2nc(N)nc(Nc3ccccc3)n2)c1. The van der Waals surface area contributed by atoms with Gasteiger partial charge >= 0.3 is 0 Å². The van der Waals surface area contributed by atoms with E-state index in [1.54, 1.807) is 31.4 Å². The number of hydrogen-bond donors (Lipinski definition) is 3. The largest absolute Gasteiger partial charge is 0.497 e. The average molecular weight is 336 g/mol. The smallest absolute Gasteiger partial charge is 0.293 e. The maximum absolute atomic E-state index is 12.4. The van der Waals surface area contributed by atoms with Crippen molar-refractivity contribution in [1.82, 2.24) is 15.0 Å². The molecular formula is C17H16N6O2. The minimum Gasteiger partial charge on any atom is -0.497 e. The molecule has 3 aromatic rings. The van der Waals surface area contributed by atoms with E-state index in [1.165, 1.54) is 0 Å². The Morgan fingerprint density at radius 2 is 1.76 bits per heavy atom. The monoisotopic (exact) mass is 336 g/mol. The van der Waals surface area contributed by atoms with E-state index in [2.05, 4.69) is 25.6 Å². The van der Waals surface area contributed by atoms with Crippen molar-refractivity contribution < 1.29 is 9.53 Å². The molecule has 0 unspecified atom stereocenters. The third kappa shape index (κ3) is 4.20. The molecule has 0 radical (unpaired) electrons. The van der Waals surface area contributed by atoms with Crippen molar-refractivity contribution in [3.8, 4) is 5.75 Å². The van der Waals surface area contributed by atoms with Crippen LogP contribution in [-0.4, -0.2) is 28.0 Å². The van der Waals surface area contributed by atoms with Crippen LogP contribution in [0.1, 0.15) is 10.6 Å². The second-order valence-electron chi connectivity index (χ2n) is 5.02. The normalized spacial score (nSPS) is 10.1. The molecule has 0 aliphatic heterocycles. The van der Waals surface area contributed by atoms with Gasteiger partial charge in [0.15, 0.2) is 0 Å². The van der Waals surface area contributed by atoms with Crippen LogP contribution in [0, 0.1) is 0 Å². The molecule has 4 N–H and O–H groups in total. The first kappa shape index (κ1) is 16.2. The first-order valence-electron chi connectivity index (χ1n) is 7.43. The van der Waals surface area contributed by atoms with Gasteiger partial charge < -0.3 is 21.1 Å². The second kappa shape index (κ2) is 7.26. The Bertz CT molecular complexity index is 885. The fraction of sp³-hybridized carbons (Fsp3) is 0.0588. The third-order valence-electron chi connectivity index (χ3n) is 3.21. The van der Waals surface area contributed by atoms with Crippen molar-refractivity contribution in [2.45, 2.75) is 0 Å². The second-order valence-corrected chi connectivity index (χ2v) is 5.02. The molecule has 25 heavy (non-hydrogen) atoms. The summed E-state index contributed by atoms with van der Waals surface area (Å²) in [6.45, 7) is 0. The Morgan fingerprint density at radius 3 is 2.52 bits per heavy atom. The van der Waals surface area contributed by atoms with Crippen molar-refractivity contribution in [2.75, 3.05) is 23.5 Å². The molecule has 0 aliphatic carbocycles. The Labute approximate surface area is 144 Å². The number of hydrogen-bond acceptors (Lipinski definition) is 7. The van der Waals surface area contributed by atoms with Crippen LogP contribution in [0.3, 0.4) is 0 Å². The Morgan fingerprint density at radius 1 is 1.00 bits per heavy atom. The Balaban J connectivity index is 1.80. The van der Waals surface area contributed by atoms with Gasteiger partial charge in [0.25, 0.3) is 5.91 Å². The Hall–Kier alpha value is -3.68. The minimum atomic E-state index is -0.501. The molecule has 0 saturated heterocycles. The highest BCUT2D eigenvalue weighted by atomic mass is 16.5. The molecule has 8 nitrogen and oxygen atoms in total. The van der Waals surface area contributed by atoms with Crippen LogP contribution in [0.5, 0.6) is 5.75 Å². The number of carbonyl (C=O) groups excluding carboxylic acids is 1. The number of nitrogens with one attached hydrogen (secondary N) is 2. The van der Waals surface area contributed by atoms with Crippen LogP contribution in [0.4, 0.5) is 23.3 Å². The van der Waals surface area contributed by atoms with Gasteiger partial charge in [-0.3, -0.25) is 4.79 Å². The van der Waals surface area contributed by atoms with Gasteiger partial charge in [-0.2, -0.15) is 15.0 Å². The van der Waals surface area contributed by atoms with Crippen molar-refractivity contribution in [3.05, 3.63) is 60.4 Å². The van der Waals surface area contributed by atoms with Gasteiger partial charge in [0.2, 0.25) is 17.7 Å². The van der Waals surface area contributed by atoms with Gasteiger partial charge in [0.1, 0.15) is 5.75 Å². The molecule has 0 saturated carbocycles. The highest BCUT2D eigenvalue weighted by Crippen LogP contribution is 2.18. The van der Waals surface area contributed by atoms with Crippen LogP contribution in [-0.2, 0) is 0 Å². The first-order chi connectivity index (χ1) is 12.1. The molecule has 0 spiro atoms. The summed E-state index contributed by atoms with van der Waals surface area (Å²) in [5.74, 6) is 0.172. The maximum Gasteiger partial charge on any atom is 0.293 e. The molecule has 0 bridgehead atoms. The zero-order valence-electron chi connectivity index (χ0n) is 13.4. The molecule has 0 aliphatic rings. The van der Waals surface area contributed by atoms with Crippen LogP contribution < -0.4 is 21.1 Å². The number of methoxy groups -OCH3 is 1. The number of ether oxygens (including phenoxy) is 1. The number of benzene rings is 2. The van der Waals surface area contributed by atoms with Crippen LogP contribution in [0.15, 0.2) is 54.6 Å². The zero-order valence-corrected chi connectivity index (χ0v) is 13.4. The molecule has 0 atom stereocenters. The van der Waals surface area contributed by atoms with Crippen LogP contribution in [0.2, 0.25) is 0 Å². The van der Waals surface area contributed by atoms with E-state index in [4.69, 9.17) is 10.5 Å². The predicted octanol–water partition coefficient (Wildman–Crippen LogP) is 2.46. The molecule has 0 fully saturated rings. The molecular weight excluding hydrogens is 320 g/mol. The summed E-state index contributed by atoms with van der Waals surface area (Å²) in [5.41, 5.74) is 7.01. The fourth-order valence-electron chi connectivity index (χ4n) is 2.09. The van der Waals surface area contributed by atoms with E-state index in [-0.39, 0.29) is 17.7 Å². The van der Waals surface area contributed by atoms with Crippen molar-refractivity contribution in [3.63, 3.8) is 0 Å². The fourth-order valence-corrected chi connectivity index (χ4v) is 2.09. The quantitative estimate of drug-likeness (QED) is 0.655. The van der Waals surface area contributed by atoms with Gasteiger partial charge in [-0.25, -0.2) is 0 Å². The van der Waals surface area contributed by atoms with Gasteiger partial charge in [0.05, 0.1) is 7.11 Å². The van der Waals surface area contributed by atoms with E-state index in [0.29, 0.717) is 11.4 Å². The highest BCUT2D eigenvalue weighted by molar-refractivity contribution is 6.01. The first-order valence-corrected chi connectivity index (χ1v) is 7.43. The number of aromatic nitrogens is 3. The number of anilines is 4. The predicted molar refractivity (Wildman–Crippen MR) is 94.9 cm³/mol. The van der Waals surface area contributed by atoms with Gasteiger partial charge in [-0.05, 0) is 24.3 Å². The summed E-state index contributed by atoms with van der Waals surface area (Å²) in [6.07, 6.45) is 0. The number of carbonyl (C=O) groups is 1. The number of nitrogens with two attached hydrogens (primary N) is 1. The molecule has 1 heterocycles. The standard InChI is InChI=1S/C17H16N6O2/c1-25-13-9-5-8-12(10-13)19-15(24)14-21-16(18)23-17(22-14)20-11-6-3-2-4-7-11/h2-10H,1H3,(H,19,24)(H3,18,20,21,22,23). The molecule has 1 aromatic heterocycles. The molecule has 1 amide bonds. The van der Waals surface area contributed by atoms with Crippen LogP contribution in [0.25, 0.3) is 0 Å². The lowest BCUT2D eigenvalue weighted by atomic mass is 10.3. The van der Waals surface area contributed by atoms with Gasteiger partial charge in [0, 0.05) is 17.4 Å². The van der Waals surface area contributed by atoms with Gasteiger partial charge in [-0.1, -0.05) is 24.3 Å². The lowest BCUT2D eigenvalue weighted by Crippen LogP contribution is -2.18. The molecule has 8 heteroatoms. The van der Waals surface area contributed by atoms with Gasteiger partial charge in [-0.15, -0.1) is 0 Å². The van der Waals surface area contributed by atoms with E-state index < -0.39 is 5.91 Å². The zero-order chi connectivity index (χ0) is 17.6. The number of rotatable bonds is 5. The summed E-state index contributed by atoms with van der Waals surface area (Å²) in [7, 11) is 1.55. The van der Waals surface area contributed by atoms with Crippen molar-refractivity contribution >= 4 is 29.2 Å². The number of para-hydroxylation sites is 1. The molecule has 2 aromatic carbocycles. The Kier molecular flexibility index (Phi) is 4.70. The van der Waals surface area contributed by atoms with E-state index in [0.717, 1.165) is 5.69 Å². The van der Waals surface area contributed by atoms with Crippen LogP contribution >= 0.6 is 0 Å². The number of nitrogen functional groups attached to an aromatic ring is 1. The summed E-state index contributed by atoms with van der Waals surface area (Å²) < 4.78 is 5.12. The molecule has 3 rings (SSSR count).